The van der Waals surface area contributed by atoms with Crippen molar-refractivity contribution in [3.63, 3.8) is 0 Å². The van der Waals surface area contributed by atoms with Gasteiger partial charge in [0, 0.05) is 18.7 Å². The number of fused-ring (bicyclic) bond motifs is 1. The molecule has 1 aliphatic rings. The van der Waals surface area contributed by atoms with Crippen LogP contribution in [0.1, 0.15) is 10.4 Å². The number of amides is 1. The summed E-state index contributed by atoms with van der Waals surface area (Å²) in [5.41, 5.74) is 2.52. The Kier molecular flexibility index (Phi) is 2.68. The molecule has 2 aromatic rings. The zero-order valence-corrected chi connectivity index (χ0v) is 9.81. The number of aromatic nitrogens is 1. The molecular weight excluding hydrogens is 226 g/mol. The molecule has 3 rings (SSSR count). The van der Waals surface area contributed by atoms with Crippen molar-refractivity contribution in [1.29, 1.82) is 0 Å². The molecule has 0 radical (unpaired) electrons. The Labute approximate surface area is 105 Å². The molecule has 0 saturated heterocycles. The molecule has 1 aliphatic heterocycles. The lowest BCUT2D eigenvalue weighted by Gasteiger charge is -2.07. The van der Waals surface area contributed by atoms with Gasteiger partial charge in [-0.05, 0) is 12.1 Å². The topological polar surface area (TPSA) is 54.0 Å². The molecule has 2 heterocycles. The van der Waals surface area contributed by atoms with Crippen molar-refractivity contribution >= 4 is 11.7 Å². The van der Waals surface area contributed by atoms with Crippen LogP contribution in [0.2, 0.25) is 0 Å². The van der Waals surface area contributed by atoms with Gasteiger partial charge in [-0.25, -0.2) is 4.98 Å². The standard InChI is InChI=1S/C14H13N3O/c18-14-11-6-7-12(10-4-2-1-3-5-10)17-13(11)15-8-9-16-14/h1-7H,8-9H2,(H,15,17)(H,16,18). The van der Waals surface area contributed by atoms with Gasteiger partial charge in [0.25, 0.3) is 5.91 Å². The first-order chi connectivity index (χ1) is 8.84. The third-order valence-electron chi connectivity index (χ3n) is 2.91. The summed E-state index contributed by atoms with van der Waals surface area (Å²) in [4.78, 5) is 16.3. The van der Waals surface area contributed by atoms with Gasteiger partial charge in [-0.15, -0.1) is 0 Å². The predicted octanol–water partition coefficient (Wildman–Crippen LogP) is 1.90. The first kappa shape index (κ1) is 10.8. The van der Waals surface area contributed by atoms with Crippen molar-refractivity contribution in [2.24, 2.45) is 0 Å². The van der Waals surface area contributed by atoms with Gasteiger partial charge in [-0.3, -0.25) is 4.79 Å². The molecule has 0 saturated carbocycles. The highest BCUT2D eigenvalue weighted by Gasteiger charge is 2.16. The van der Waals surface area contributed by atoms with Crippen molar-refractivity contribution in [2.75, 3.05) is 18.4 Å². The summed E-state index contributed by atoms with van der Waals surface area (Å²) < 4.78 is 0. The molecule has 1 amide bonds. The van der Waals surface area contributed by atoms with Gasteiger partial charge in [0.2, 0.25) is 0 Å². The number of nitrogens with one attached hydrogen (secondary N) is 2. The van der Waals surface area contributed by atoms with Crippen LogP contribution in [0.15, 0.2) is 42.5 Å². The van der Waals surface area contributed by atoms with Crippen molar-refractivity contribution in [1.82, 2.24) is 10.3 Å². The fourth-order valence-corrected chi connectivity index (χ4v) is 2.00. The summed E-state index contributed by atoms with van der Waals surface area (Å²) in [6.45, 7) is 1.32. The SMILES string of the molecule is O=C1NCCNc2nc(-c3ccccc3)ccc21. The minimum Gasteiger partial charge on any atom is -0.368 e. The molecule has 1 aromatic carbocycles. The average molecular weight is 239 g/mol. The predicted molar refractivity (Wildman–Crippen MR) is 70.5 cm³/mol. The second-order valence-electron chi connectivity index (χ2n) is 4.14. The minimum atomic E-state index is -0.0675. The molecule has 4 heteroatoms. The Bertz CT molecular complexity index is 581. The minimum absolute atomic E-state index is 0.0675. The summed E-state index contributed by atoms with van der Waals surface area (Å²) in [6.07, 6.45) is 0. The Balaban J connectivity index is 2.06. The van der Waals surface area contributed by atoms with E-state index in [0.29, 0.717) is 24.5 Å². The quantitative estimate of drug-likeness (QED) is 0.799. The zero-order chi connectivity index (χ0) is 12.4. The van der Waals surface area contributed by atoms with Gasteiger partial charge in [0.1, 0.15) is 5.82 Å². The Morgan fingerprint density at radius 1 is 0.944 bits per heavy atom. The molecule has 0 atom stereocenters. The second kappa shape index (κ2) is 4.49. The summed E-state index contributed by atoms with van der Waals surface area (Å²) in [5, 5.41) is 5.99. The normalized spacial score (nSPS) is 14.1. The Morgan fingerprint density at radius 2 is 1.72 bits per heavy atom. The van der Waals surface area contributed by atoms with E-state index in [4.69, 9.17) is 0 Å². The molecule has 18 heavy (non-hydrogen) atoms. The van der Waals surface area contributed by atoms with Crippen molar-refractivity contribution in [2.45, 2.75) is 0 Å². The molecule has 2 N–H and O–H groups in total. The van der Waals surface area contributed by atoms with Crippen LogP contribution in [0.4, 0.5) is 5.82 Å². The van der Waals surface area contributed by atoms with Crippen LogP contribution in [-0.4, -0.2) is 24.0 Å². The van der Waals surface area contributed by atoms with Crippen LogP contribution < -0.4 is 10.6 Å². The van der Waals surface area contributed by atoms with E-state index < -0.39 is 0 Å². The van der Waals surface area contributed by atoms with E-state index in [0.717, 1.165) is 11.3 Å². The average Bonchev–Trinajstić information content (AvgIpc) is 2.61. The highest BCUT2D eigenvalue weighted by atomic mass is 16.1. The summed E-state index contributed by atoms with van der Waals surface area (Å²) in [5.74, 6) is 0.591. The number of nitrogens with zero attached hydrogens (tertiary/aromatic N) is 1. The maximum Gasteiger partial charge on any atom is 0.255 e. The monoisotopic (exact) mass is 239 g/mol. The van der Waals surface area contributed by atoms with Gasteiger partial charge in [-0.1, -0.05) is 30.3 Å². The van der Waals surface area contributed by atoms with Crippen LogP contribution in [0.25, 0.3) is 11.3 Å². The summed E-state index contributed by atoms with van der Waals surface area (Å²) in [6, 6.07) is 13.6. The molecule has 0 unspecified atom stereocenters. The largest absolute Gasteiger partial charge is 0.368 e. The van der Waals surface area contributed by atoms with E-state index in [1.54, 1.807) is 0 Å². The second-order valence-corrected chi connectivity index (χ2v) is 4.14. The fraction of sp³-hybridized carbons (Fsp3) is 0.143. The van der Waals surface area contributed by atoms with Crippen molar-refractivity contribution < 1.29 is 4.79 Å². The van der Waals surface area contributed by atoms with Crippen LogP contribution in [0, 0.1) is 0 Å². The number of anilines is 1. The maximum absolute atomic E-state index is 11.8. The van der Waals surface area contributed by atoms with E-state index in [1.165, 1.54) is 0 Å². The number of carbonyl (C=O) groups is 1. The highest BCUT2D eigenvalue weighted by Crippen LogP contribution is 2.22. The first-order valence-electron chi connectivity index (χ1n) is 5.93. The molecule has 4 nitrogen and oxygen atoms in total. The van der Waals surface area contributed by atoms with Crippen molar-refractivity contribution in [3.05, 3.63) is 48.0 Å². The lowest BCUT2D eigenvalue weighted by Crippen LogP contribution is -2.24. The van der Waals surface area contributed by atoms with Gasteiger partial charge in [0.15, 0.2) is 0 Å². The molecule has 0 spiro atoms. The summed E-state index contributed by atoms with van der Waals surface area (Å²) in [7, 11) is 0. The number of benzene rings is 1. The van der Waals surface area contributed by atoms with E-state index in [1.807, 2.05) is 42.5 Å². The molecule has 0 fully saturated rings. The summed E-state index contributed by atoms with van der Waals surface area (Å²) >= 11 is 0. The van der Waals surface area contributed by atoms with Crippen LogP contribution in [0.3, 0.4) is 0 Å². The molecule has 0 aliphatic carbocycles. The van der Waals surface area contributed by atoms with Gasteiger partial charge >= 0.3 is 0 Å². The number of hydrogen-bond donors (Lipinski definition) is 2. The Hall–Kier alpha value is -2.36. The fourth-order valence-electron chi connectivity index (χ4n) is 2.00. The highest BCUT2D eigenvalue weighted by molar-refractivity contribution is 5.99. The molecule has 0 bridgehead atoms. The van der Waals surface area contributed by atoms with Crippen LogP contribution >= 0.6 is 0 Å². The van der Waals surface area contributed by atoms with Crippen LogP contribution in [-0.2, 0) is 0 Å². The zero-order valence-electron chi connectivity index (χ0n) is 9.81. The Morgan fingerprint density at radius 3 is 2.56 bits per heavy atom. The maximum atomic E-state index is 11.8. The van der Waals surface area contributed by atoms with E-state index in [2.05, 4.69) is 15.6 Å². The lowest BCUT2D eigenvalue weighted by molar-refractivity contribution is 0.0958. The first-order valence-corrected chi connectivity index (χ1v) is 5.93. The third kappa shape index (κ3) is 1.93. The van der Waals surface area contributed by atoms with E-state index in [9.17, 15) is 4.79 Å². The lowest BCUT2D eigenvalue weighted by atomic mass is 10.1. The number of rotatable bonds is 1. The van der Waals surface area contributed by atoms with E-state index >= 15 is 0 Å². The smallest absolute Gasteiger partial charge is 0.255 e. The number of carbonyl (C=O) groups excluding carboxylic acids is 1. The third-order valence-corrected chi connectivity index (χ3v) is 2.91. The van der Waals surface area contributed by atoms with Gasteiger partial charge < -0.3 is 10.6 Å². The van der Waals surface area contributed by atoms with E-state index in [-0.39, 0.29) is 5.91 Å². The van der Waals surface area contributed by atoms with Crippen molar-refractivity contribution in [3.8, 4) is 11.3 Å². The number of pyridine rings is 1. The van der Waals surface area contributed by atoms with Crippen LogP contribution in [0.5, 0.6) is 0 Å². The van der Waals surface area contributed by atoms with Gasteiger partial charge in [-0.2, -0.15) is 0 Å². The number of hydrogen-bond acceptors (Lipinski definition) is 3. The molecular formula is C14H13N3O. The molecule has 1 aromatic heterocycles. The van der Waals surface area contributed by atoms with Gasteiger partial charge in [0.05, 0.1) is 11.3 Å². The molecule has 90 valence electrons.